The van der Waals surface area contributed by atoms with Crippen LogP contribution >= 0.6 is 0 Å². The molecule has 0 saturated carbocycles. The number of pyridine rings is 1. The molecule has 4 heteroatoms. The first-order chi connectivity index (χ1) is 13.3. The van der Waals surface area contributed by atoms with E-state index in [1.165, 1.54) is 22.3 Å². The van der Waals surface area contributed by atoms with Gasteiger partial charge in [-0.15, -0.1) is 0 Å². The van der Waals surface area contributed by atoms with Crippen LogP contribution in [0.15, 0.2) is 67.0 Å². The molecule has 1 aliphatic rings. The van der Waals surface area contributed by atoms with Crippen LogP contribution in [0.1, 0.15) is 34.3 Å². The molecule has 4 rings (SSSR count). The van der Waals surface area contributed by atoms with Gasteiger partial charge in [0.25, 0.3) is 0 Å². The van der Waals surface area contributed by atoms with Crippen LogP contribution < -0.4 is 14.8 Å². The van der Waals surface area contributed by atoms with Gasteiger partial charge in [0.05, 0.1) is 14.2 Å². The SMILES string of the molecule is COc1cc2c(cc1OC)[C@H](Cc1ccccc1)N[C@H](c1cccnc1)C2. The summed E-state index contributed by atoms with van der Waals surface area (Å²) in [6.07, 6.45) is 5.57. The molecule has 2 heterocycles. The number of hydrogen-bond donors (Lipinski definition) is 1. The first-order valence-corrected chi connectivity index (χ1v) is 9.23. The summed E-state index contributed by atoms with van der Waals surface area (Å²) in [7, 11) is 3.37. The second kappa shape index (κ2) is 7.80. The van der Waals surface area contributed by atoms with Crippen LogP contribution in [0.2, 0.25) is 0 Å². The molecule has 27 heavy (non-hydrogen) atoms. The van der Waals surface area contributed by atoms with Gasteiger partial charge in [0, 0.05) is 24.5 Å². The lowest BCUT2D eigenvalue weighted by Crippen LogP contribution is -2.34. The summed E-state index contributed by atoms with van der Waals surface area (Å²) in [5.41, 5.74) is 5.08. The highest BCUT2D eigenvalue weighted by atomic mass is 16.5. The normalized spacial score (nSPS) is 18.6. The first kappa shape index (κ1) is 17.6. The molecule has 2 atom stereocenters. The predicted octanol–water partition coefficient (Wildman–Crippen LogP) is 4.27. The van der Waals surface area contributed by atoms with Crippen molar-refractivity contribution in [1.82, 2.24) is 10.3 Å². The number of benzene rings is 2. The minimum absolute atomic E-state index is 0.196. The molecule has 0 saturated heterocycles. The smallest absolute Gasteiger partial charge is 0.161 e. The van der Waals surface area contributed by atoms with E-state index in [1.807, 2.05) is 18.5 Å². The van der Waals surface area contributed by atoms with E-state index in [1.54, 1.807) is 14.2 Å². The Morgan fingerprint density at radius 1 is 1.00 bits per heavy atom. The summed E-state index contributed by atoms with van der Waals surface area (Å²) < 4.78 is 11.1. The minimum Gasteiger partial charge on any atom is -0.493 e. The van der Waals surface area contributed by atoms with Crippen LogP contribution in [-0.4, -0.2) is 19.2 Å². The number of fused-ring (bicyclic) bond motifs is 1. The third-order valence-corrected chi connectivity index (χ3v) is 5.22. The van der Waals surface area contributed by atoms with Gasteiger partial charge in [-0.3, -0.25) is 4.98 Å². The number of aromatic nitrogens is 1. The molecule has 0 amide bonds. The molecule has 1 aromatic heterocycles. The molecule has 2 aromatic carbocycles. The second-order valence-electron chi connectivity index (χ2n) is 6.86. The first-order valence-electron chi connectivity index (χ1n) is 9.23. The van der Waals surface area contributed by atoms with Crippen molar-refractivity contribution in [2.24, 2.45) is 0 Å². The summed E-state index contributed by atoms with van der Waals surface area (Å²) in [6.45, 7) is 0. The van der Waals surface area contributed by atoms with E-state index >= 15 is 0 Å². The van der Waals surface area contributed by atoms with Crippen LogP contribution in [0.5, 0.6) is 11.5 Å². The molecular formula is C23H24N2O2. The van der Waals surface area contributed by atoms with E-state index in [-0.39, 0.29) is 12.1 Å². The van der Waals surface area contributed by atoms with Gasteiger partial charge in [-0.05, 0) is 53.3 Å². The Hall–Kier alpha value is -2.85. The third kappa shape index (κ3) is 3.67. The van der Waals surface area contributed by atoms with Gasteiger partial charge in [0.2, 0.25) is 0 Å². The molecule has 0 aliphatic carbocycles. The van der Waals surface area contributed by atoms with Crippen molar-refractivity contribution >= 4 is 0 Å². The molecule has 3 aromatic rings. The molecule has 4 nitrogen and oxygen atoms in total. The van der Waals surface area contributed by atoms with Gasteiger partial charge in [-0.25, -0.2) is 0 Å². The zero-order chi connectivity index (χ0) is 18.6. The van der Waals surface area contributed by atoms with Gasteiger partial charge in [0.15, 0.2) is 11.5 Å². The molecule has 1 aliphatic heterocycles. The lowest BCUT2D eigenvalue weighted by Gasteiger charge is -2.34. The summed E-state index contributed by atoms with van der Waals surface area (Å²) in [5.74, 6) is 1.55. The van der Waals surface area contributed by atoms with Crippen molar-refractivity contribution in [3.05, 3.63) is 89.2 Å². The Kier molecular flexibility index (Phi) is 5.07. The number of ether oxygens (including phenoxy) is 2. The van der Waals surface area contributed by atoms with E-state index in [2.05, 4.69) is 58.8 Å². The van der Waals surface area contributed by atoms with Crippen LogP contribution in [0, 0.1) is 0 Å². The molecule has 0 radical (unpaired) electrons. The van der Waals surface area contributed by atoms with Crippen molar-refractivity contribution in [3.63, 3.8) is 0 Å². The maximum absolute atomic E-state index is 5.55. The van der Waals surface area contributed by atoms with E-state index < -0.39 is 0 Å². The summed E-state index contributed by atoms with van der Waals surface area (Å²) in [6, 6.07) is 19.4. The third-order valence-electron chi connectivity index (χ3n) is 5.22. The fourth-order valence-corrected chi connectivity index (χ4v) is 3.86. The van der Waals surface area contributed by atoms with Crippen LogP contribution in [0.25, 0.3) is 0 Å². The van der Waals surface area contributed by atoms with E-state index in [4.69, 9.17) is 9.47 Å². The molecule has 0 fully saturated rings. The summed E-state index contributed by atoms with van der Waals surface area (Å²) in [4.78, 5) is 4.30. The predicted molar refractivity (Wildman–Crippen MR) is 106 cm³/mol. The largest absolute Gasteiger partial charge is 0.493 e. The quantitative estimate of drug-likeness (QED) is 0.738. The lowest BCUT2D eigenvalue weighted by molar-refractivity contribution is 0.348. The Labute approximate surface area is 160 Å². The highest BCUT2D eigenvalue weighted by Gasteiger charge is 2.29. The van der Waals surface area contributed by atoms with Gasteiger partial charge in [0.1, 0.15) is 0 Å². The number of nitrogens with one attached hydrogen (secondary N) is 1. The Morgan fingerprint density at radius 2 is 1.78 bits per heavy atom. The molecule has 1 N–H and O–H groups in total. The second-order valence-corrected chi connectivity index (χ2v) is 6.86. The molecule has 0 bridgehead atoms. The maximum Gasteiger partial charge on any atom is 0.161 e. The van der Waals surface area contributed by atoms with Crippen molar-refractivity contribution in [1.29, 1.82) is 0 Å². The Balaban J connectivity index is 1.74. The van der Waals surface area contributed by atoms with Crippen molar-refractivity contribution in [2.45, 2.75) is 24.9 Å². The minimum atomic E-state index is 0.196. The highest BCUT2D eigenvalue weighted by molar-refractivity contribution is 5.50. The van der Waals surface area contributed by atoms with Crippen LogP contribution in [-0.2, 0) is 12.8 Å². The van der Waals surface area contributed by atoms with E-state index in [0.29, 0.717) is 0 Å². The van der Waals surface area contributed by atoms with Crippen LogP contribution in [0.4, 0.5) is 0 Å². The van der Waals surface area contributed by atoms with Crippen LogP contribution in [0.3, 0.4) is 0 Å². The van der Waals surface area contributed by atoms with Crippen molar-refractivity contribution in [3.8, 4) is 11.5 Å². The van der Waals surface area contributed by atoms with Crippen molar-refractivity contribution < 1.29 is 9.47 Å². The maximum atomic E-state index is 5.55. The van der Waals surface area contributed by atoms with Gasteiger partial charge >= 0.3 is 0 Å². The molecule has 0 unspecified atom stereocenters. The number of nitrogens with zero attached hydrogens (tertiary/aromatic N) is 1. The average Bonchev–Trinajstić information content (AvgIpc) is 2.74. The zero-order valence-electron chi connectivity index (χ0n) is 15.7. The topological polar surface area (TPSA) is 43.4 Å². The Morgan fingerprint density at radius 3 is 2.48 bits per heavy atom. The summed E-state index contributed by atoms with van der Waals surface area (Å²) >= 11 is 0. The fourth-order valence-electron chi connectivity index (χ4n) is 3.86. The Bertz CT molecular complexity index is 897. The van der Waals surface area contributed by atoms with Gasteiger partial charge in [-0.1, -0.05) is 36.4 Å². The fraction of sp³-hybridized carbons (Fsp3) is 0.261. The van der Waals surface area contributed by atoms with Gasteiger partial charge in [-0.2, -0.15) is 0 Å². The number of hydrogen-bond acceptors (Lipinski definition) is 4. The number of methoxy groups -OCH3 is 2. The molecule has 0 spiro atoms. The average molecular weight is 360 g/mol. The standard InChI is InChI=1S/C23H24N2O2/c1-26-22-13-18-12-20(17-9-6-10-24-15-17)25-21(19(18)14-23(22)27-2)11-16-7-4-3-5-8-16/h3-10,13-15,20-21,25H,11-12H2,1-2H3/t20-,21-/m0/s1. The summed E-state index contributed by atoms with van der Waals surface area (Å²) in [5, 5.41) is 3.83. The van der Waals surface area contributed by atoms with E-state index in [0.717, 1.165) is 24.3 Å². The molecular weight excluding hydrogens is 336 g/mol. The highest BCUT2D eigenvalue weighted by Crippen LogP contribution is 2.40. The van der Waals surface area contributed by atoms with E-state index in [9.17, 15) is 0 Å². The lowest BCUT2D eigenvalue weighted by atomic mass is 9.85. The molecule has 138 valence electrons. The zero-order valence-corrected chi connectivity index (χ0v) is 15.7. The van der Waals surface area contributed by atoms with Gasteiger partial charge < -0.3 is 14.8 Å². The monoisotopic (exact) mass is 360 g/mol. The number of rotatable bonds is 5. The van der Waals surface area contributed by atoms with Crippen molar-refractivity contribution in [2.75, 3.05) is 14.2 Å².